The van der Waals surface area contributed by atoms with Crippen molar-refractivity contribution in [3.8, 4) is 0 Å². The number of hydrogen-bond acceptors (Lipinski definition) is 5. The number of hydrogen-bond donors (Lipinski definition) is 0. The van der Waals surface area contributed by atoms with E-state index in [2.05, 4.69) is 6.58 Å². The Morgan fingerprint density at radius 1 is 1.44 bits per heavy atom. The van der Waals surface area contributed by atoms with Crippen LogP contribution in [-0.4, -0.2) is 29.4 Å². The number of carbonyl (C=O) groups is 2. The van der Waals surface area contributed by atoms with Gasteiger partial charge in [0.25, 0.3) is 0 Å². The van der Waals surface area contributed by atoms with Crippen molar-refractivity contribution in [2.24, 2.45) is 0 Å². The average Bonchev–Trinajstić information content (AvgIpc) is 2.33. The minimum atomic E-state index is -1.09. The summed E-state index contributed by atoms with van der Waals surface area (Å²) in [6.45, 7) is 11.8. The predicted octanol–water partition coefficient (Wildman–Crippen LogP) is 1.95. The minimum absolute atomic E-state index is 0.282. The first kappa shape index (κ1) is 14.7. The van der Waals surface area contributed by atoms with E-state index >= 15 is 0 Å². The fourth-order valence-corrected chi connectivity index (χ4v) is 2.01. The van der Waals surface area contributed by atoms with Crippen LogP contribution in [0, 0.1) is 0 Å². The molecule has 0 amide bonds. The lowest BCUT2D eigenvalue weighted by molar-refractivity contribution is -0.204. The summed E-state index contributed by atoms with van der Waals surface area (Å²) in [5.74, 6) is -0.984. The summed E-state index contributed by atoms with van der Waals surface area (Å²) in [4.78, 5) is 23.1. The molecule has 2 atom stereocenters. The van der Waals surface area contributed by atoms with E-state index in [9.17, 15) is 9.59 Å². The Bertz CT molecular complexity index is 385. The van der Waals surface area contributed by atoms with Gasteiger partial charge in [-0.05, 0) is 34.6 Å². The van der Waals surface area contributed by atoms with Crippen LogP contribution in [0.3, 0.4) is 0 Å². The second-order valence-corrected chi connectivity index (χ2v) is 5.43. The highest BCUT2D eigenvalue weighted by Crippen LogP contribution is 2.36. The average molecular weight is 256 g/mol. The first-order valence-electron chi connectivity index (χ1n) is 5.83. The zero-order chi connectivity index (χ0) is 14.1. The molecule has 1 aliphatic rings. The molecule has 102 valence electrons. The third-order valence-corrected chi connectivity index (χ3v) is 2.61. The summed E-state index contributed by atoms with van der Waals surface area (Å²) in [5.41, 5.74) is -1.37. The van der Waals surface area contributed by atoms with E-state index in [1.54, 1.807) is 20.8 Å². The molecule has 0 saturated carbocycles. The van der Waals surface area contributed by atoms with Crippen LogP contribution in [0.25, 0.3) is 0 Å². The standard InChI is InChI=1S/C13H20O5/c1-8(2)10(14)16-9(3)17-13(6)7-12(4,5)18-11(13)15/h9H,1,7H2,2-6H3. The van der Waals surface area contributed by atoms with Crippen molar-refractivity contribution in [3.63, 3.8) is 0 Å². The van der Waals surface area contributed by atoms with Crippen LogP contribution in [0.2, 0.25) is 0 Å². The molecule has 0 N–H and O–H groups in total. The van der Waals surface area contributed by atoms with E-state index in [0.29, 0.717) is 6.42 Å². The molecule has 1 saturated heterocycles. The molecule has 18 heavy (non-hydrogen) atoms. The molecule has 1 rings (SSSR count). The van der Waals surface area contributed by atoms with E-state index < -0.39 is 29.4 Å². The molecule has 0 spiro atoms. The van der Waals surface area contributed by atoms with E-state index in [1.807, 2.05) is 13.8 Å². The first-order valence-corrected chi connectivity index (χ1v) is 5.83. The van der Waals surface area contributed by atoms with Gasteiger partial charge in [-0.1, -0.05) is 6.58 Å². The van der Waals surface area contributed by atoms with Gasteiger partial charge in [-0.15, -0.1) is 0 Å². The van der Waals surface area contributed by atoms with E-state index in [4.69, 9.17) is 14.2 Å². The molecule has 1 heterocycles. The maximum atomic E-state index is 11.8. The molecule has 0 bridgehead atoms. The maximum Gasteiger partial charge on any atom is 0.338 e. The van der Waals surface area contributed by atoms with Crippen molar-refractivity contribution in [2.75, 3.05) is 0 Å². The summed E-state index contributed by atoms with van der Waals surface area (Å²) in [6.07, 6.45) is -0.422. The molecule has 5 heteroatoms. The molecule has 5 nitrogen and oxygen atoms in total. The number of carbonyl (C=O) groups excluding carboxylic acids is 2. The van der Waals surface area contributed by atoms with Crippen LogP contribution in [0.15, 0.2) is 12.2 Å². The van der Waals surface area contributed by atoms with Gasteiger partial charge < -0.3 is 14.2 Å². The molecule has 0 radical (unpaired) electrons. The van der Waals surface area contributed by atoms with Crippen LogP contribution in [0.1, 0.15) is 41.0 Å². The quantitative estimate of drug-likeness (QED) is 0.437. The molecule has 1 fully saturated rings. The molecular weight excluding hydrogens is 236 g/mol. The Morgan fingerprint density at radius 2 is 2.00 bits per heavy atom. The molecule has 0 aliphatic carbocycles. The Labute approximate surface area is 107 Å². The number of ether oxygens (including phenoxy) is 3. The van der Waals surface area contributed by atoms with Crippen molar-refractivity contribution in [1.29, 1.82) is 0 Å². The predicted molar refractivity (Wildman–Crippen MR) is 64.6 cm³/mol. The van der Waals surface area contributed by atoms with Crippen LogP contribution in [0.5, 0.6) is 0 Å². The van der Waals surface area contributed by atoms with Gasteiger partial charge in [-0.3, -0.25) is 0 Å². The Kier molecular flexibility index (Phi) is 3.86. The Morgan fingerprint density at radius 3 is 2.39 bits per heavy atom. The zero-order valence-corrected chi connectivity index (χ0v) is 11.5. The first-order chi connectivity index (χ1) is 8.06. The van der Waals surface area contributed by atoms with Gasteiger partial charge in [0.15, 0.2) is 5.60 Å². The fourth-order valence-electron chi connectivity index (χ4n) is 2.01. The molecule has 2 unspecified atom stereocenters. The summed E-state index contributed by atoms with van der Waals surface area (Å²) in [6, 6.07) is 0. The second-order valence-electron chi connectivity index (χ2n) is 5.43. The third-order valence-electron chi connectivity index (χ3n) is 2.61. The monoisotopic (exact) mass is 256 g/mol. The van der Waals surface area contributed by atoms with Crippen molar-refractivity contribution in [3.05, 3.63) is 12.2 Å². The summed E-state index contributed by atoms with van der Waals surface area (Å²) >= 11 is 0. The van der Waals surface area contributed by atoms with Gasteiger partial charge >= 0.3 is 11.9 Å². The SMILES string of the molecule is C=C(C)C(=O)OC(C)OC1(C)CC(C)(C)OC1=O. The van der Waals surface area contributed by atoms with Crippen LogP contribution in [-0.2, 0) is 23.8 Å². The highest BCUT2D eigenvalue weighted by atomic mass is 16.7. The topological polar surface area (TPSA) is 61.8 Å². The van der Waals surface area contributed by atoms with E-state index in [0.717, 1.165) is 0 Å². The highest BCUT2D eigenvalue weighted by molar-refractivity contribution is 5.87. The lowest BCUT2D eigenvalue weighted by atomic mass is 9.95. The van der Waals surface area contributed by atoms with Gasteiger partial charge in [-0.2, -0.15) is 0 Å². The van der Waals surface area contributed by atoms with Crippen molar-refractivity contribution < 1.29 is 23.8 Å². The Balaban J connectivity index is 2.64. The number of rotatable bonds is 4. The second kappa shape index (κ2) is 4.72. The highest BCUT2D eigenvalue weighted by Gasteiger charge is 2.51. The molecule has 0 aromatic heterocycles. The van der Waals surface area contributed by atoms with Crippen LogP contribution < -0.4 is 0 Å². The minimum Gasteiger partial charge on any atom is -0.457 e. The van der Waals surface area contributed by atoms with Crippen molar-refractivity contribution in [2.45, 2.75) is 58.5 Å². The number of esters is 2. The zero-order valence-electron chi connectivity index (χ0n) is 11.5. The molecule has 1 aliphatic heterocycles. The van der Waals surface area contributed by atoms with E-state index in [1.165, 1.54) is 0 Å². The van der Waals surface area contributed by atoms with Crippen LogP contribution in [0.4, 0.5) is 0 Å². The normalized spacial score (nSPS) is 27.5. The van der Waals surface area contributed by atoms with Crippen LogP contribution >= 0.6 is 0 Å². The molecule has 0 aromatic carbocycles. The molecule has 0 aromatic rings. The van der Waals surface area contributed by atoms with Gasteiger partial charge in [-0.25, -0.2) is 9.59 Å². The lowest BCUT2D eigenvalue weighted by Crippen LogP contribution is -2.39. The van der Waals surface area contributed by atoms with Gasteiger partial charge in [0.2, 0.25) is 6.29 Å². The third kappa shape index (κ3) is 3.32. The van der Waals surface area contributed by atoms with Gasteiger partial charge in [0, 0.05) is 12.0 Å². The number of cyclic esters (lactones) is 1. The fraction of sp³-hybridized carbons (Fsp3) is 0.692. The van der Waals surface area contributed by atoms with Gasteiger partial charge in [0.1, 0.15) is 5.60 Å². The lowest BCUT2D eigenvalue weighted by Gasteiger charge is -2.25. The largest absolute Gasteiger partial charge is 0.457 e. The van der Waals surface area contributed by atoms with E-state index in [-0.39, 0.29) is 5.57 Å². The smallest absolute Gasteiger partial charge is 0.338 e. The molecular formula is C13H20O5. The van der Waals surface area contributed by atoms with Crippen molar-refractivity contribution >= 4 is 11.9 Å². The summed E-state index contributed by atoms with van der Waals surface area (Å²) in [5, 5.41) is 0. The maximum absolute atomic E-state index is 11.8. The summed E-state index contributed by atoms with van der Waals surface area (Å²) < 4.78 is 15.7. The van der Waals surface area contributed by atoms with Gasteiger partial charge in [0.05, 0.1) is 0 Å². The van der Waals surface area contributed by atoms with Crippen molar-refractivity contribution in [1.82, 2.24) is 0 Å². The summed E-state index contributed by atoms with van der Waals surface area (Å²) in [7, 11) is 0. The Hall–Kier alpha value is -1.36.